The van der Waals surface area contributed by atoms with Gasteiger partial charge in [0.15, 0.2) is 11.2 Å². The van der Waals surface area contributed by atoms with Crippen LogP contribution in [0.1, 0.15) is 19.8 Å². The Morgan fingerprint density at radius 1 is 1.26 bits per heavy atom. The summed E-state index contributed by atoms with van der Waals surface area (Å²) in [5.41, 5.74) is 1.75. The number of aromatic nitrogens is 5. The predicted molar refractivity (Wildman–Crippen MR) is 103 cm³/mol. The van der Waals surface area contributed by atoms with Crippen molar-refractivity contribution in [2.75, 3.05) is 7.11 Å². The lowest BCUT2D eigenvalue weighted by atomic mass is 10.1. The number of unbranched alkanes of at least 4 members (excludes halogenated alkanes) is 1. The van der Waals surface area contributed by atoms with Crippen LogP contribution in [0.4, 0.5) is 0 Å². The summed E-state index contributed by atoms with van der Waals surface area (Å²) < 4.78 is 10.6. The Labute approximate surface area is 154 Å². The van der Waals surface area contributed by atoms with Gasteiger partial charge in [-0.3, -0.25) is 18.7 Å². The van der Waals surface area contributed by atoms with Crippen molar-refractivity contribution in [1.82, 2.24) is 23.5 Å². The molecule has 8 heteroatoms. The summed E-state index contributed by atoms with van der Waals surface area (Å²) >= 11 is 0. The highest BCUT2D eigenvalue weighted by Crippen LogP contribution is 2.28. The van der Waals surface area contributed by atoms with E-state index in [1.807, 2.05) is 30.5 Å². The molecule has 8 nitrogen and oxygen atoms in total. The van der Waals surface area contributed by atoms with Crippen LogP contribution in [0.5, 0.6) is 5.75 Å². The molecule has 0 aliphatic rings. The van der Waals surface area contributed by atoms with E-state index in [-0.39, 0.29) is 0 Å². The number of H-pyrrole nitrogens is 1. The molecule has 4 rings (SSSR count). The average Bonchev–Trinajstić information content (AvgIpc) is 3.21. The molecule has 0 bridgehead atoms. The fourth-order valence-electron chi connectivity index (χ4n) is 3.35. The van der Waals surface area contributed by atoms with Crippen LogP contribution < -0.4 is 16.0 Å². The minimum absolute atomic E-state index is 0.367. The fourth-order valence-corrected chi connectivity index (χ4v) is 3.35. The van der Waals surface area contributed by atoms with Crippen LogP contribution in [0.15, 0.2) is 40.1 Å². The van der Waals surface area contributed by atoms with Crippen molar-refractivity contribution in [2.24, 2.45) is 7.05 Å². The molecule has 0 saturated carbocycles. The fraction of sp³-hybridized carbons (Fsp3) is 0.316. The smallest absolute Gasteiger partial charge is 0.329 e. The van der Waals surface area contributed by atoms with E-state index in [4.69, 9.17) is 4.74 Å². The standard InChI is InChI=1S/C19H21N5O3/c1-4-5-9-23-14(12-7-6-8-13(10-12)27-3)11-24-15-16(20-18(23)24)22(2)19(26)21-17(15)25/h6-8,10-11H,4-5,9H2,1-3H3,(H,21,25,26). The van der Waals surface area contributed by atoms with Crippen LogP contribution in [-0.2, 0) is 13.6 Å². The van der Waals surface area contributed by atoms with E-state index in [1.165, 1.54) is 4.57 Å². The number of rotatable bonds is 5. The summed E-state index contributed by atoms with van der Waals surface area (Å²) in [4.78, 5) is 31.3. The Morgan fingerprint density at radius 2 is 2.07 bits per heavy atom. The molecule has 0 unspecified atom stereocenters. The topological polar surface area (TPSA) is 86.3 Å². The third-order valence-electron chi connectivity index (χ3n) is 4.82. The van der Waals surface area contributed by atoms with Crippen LogP contribution in [0.3, 0.4) is 0 Å². The molecule has 140 valence electrons. The van der Waals surface area contributed by atoms with E-state index in [1.54, 1.807) is 18.6 Å². The Bertz CT molecular complexity index is 1260. The second-order valence-electron chi connectivity index (χ2n) is 6.52. The predicted octanol–water partition coefficient (Wildman–Crippen LogP) is 2.15. The number of hydrogen-bond acceptors (Lipinski definition) is 4. The minimum atomic E-state index is -0.471. The molecule has 1 N–H and O–H groups in total. The second-order valence-corrected chi connectivity index (χ2v) is 6.52. The lowest BCUT2D eigenvalue weighted by Crippen LogP contribution is -2.28. The molecule has 27 heavy (non-hydrogen) atoms. The maximum absolute atomic E-state index is 12.4. The number of fused-ring (bicyclic) bond motifs is 3. The lowest BCUT2D eigenvalue weighted by molar-refractivity contribution is 0.415. The first-order chi connectivity index (χ1) is 13.0. The summed E-state index contributed by atoms with van der Waals surface area (Å²) in [6, 6.07) is 7.79. The third-order valence-corrected chi connectivity index (χ3v) is 4.82. The number of nitrogens with one attached hydrogen (secondary N) is 1. The number of ether oxygens (including phenoxy) is 1. The first kappa shape index (κ1) is 17.1. The molecule has 0 amide bonds. The first-order valence-corrected chi connectivity index (χ1v) is 8.90. The molecule has 0 fully saturated rings. The molecule has 4 aromatic rings. The molecule has 3 heterocycles. The largest absolute Gasteiger partial charge is 0.497 e. The van der Waals surface area contributed by atoms with Gasteiger partial charge in [-0.25, -0.2) is 4.79 Å². The molecule has 3 aromatic heterocycles. The first-order valence-electron chi connectivity index (χ1n) is 8.90. The molecule has 1 aromatic carbocycles. The van der Waals surface area contributed by atoms with Crippen molar-refractivity contribution in [2.45, 2.75) is 26.3 Å². The van der Waals surface area contributed by atoms with Gasteiger partial charge in [0.05, 0.1) is 12.8 Å². The van der Waals surface area contributed by atoms with Crippen LogP contribution in [0, 0.1) is 0 Å². The van der Waals surface area contributed by atoms with Gasteiger partial charge in [0, 0.05) is 25.4 Å². The molecule has 0 saturated heterocycles. The number of benzene rings is 1. The Kier molecular flexibility index (Phi) is 4.10. The van der Waals surface area contributed by atoms with E-state index in [0.717, 1.165) is 36.4 Å². The quantitative estimate of drug-likeness (QED) is 0.586. The molecule has 0 spiro atoms. The maximum atomic E-state index is 12.4. The van der Waals surface area contributed by atoms with E-state index >= 15 is 0 Å². The zero-order valence-corrected chi connectivity index (χ0v) is 15.5. The SMILES string of the molecule is CCCCn1c(-c2cccc(OC)c2)cn2c3c(=O)[nH]c(=O)n(C)c3nc12. The highest BCUT2D eigenvalue weighted by atomic mass is 16.5. The summed E-state index contributed by atoms with van der Waals surface area (Å²) in [5, 5.41) is 0. The highest BCUT2D eigenvalue weighted by molar-refractivity contribution is 5.78. The average molecular weight is 367 g/mol. The van der Waals surface area contributed by atoms with Gasteiger partial charge in [0.2, 0.25) is 5.78 Å². The van der Waals surface area contributed by atoms with Crippen molar-refractivity contribution >= 4 is 16.9 Å². The van der Waals surface area contributed by atoms with Gasteiger partial charge in [-0.05, 0) is 18.6 Å². The van der Waals surface area contributed by atoms with Crippen molar-refractivity contribution in [3.8, 4) is 17.0 Å². The van der Waals surface area contributed by atoms with Gasteiger partial charge in [-0.2, -0.15) is 4.98 Å². The number of aryl methyl sites for hydroxylation is 2. The number of hydrogen-bond donors (Lipinski definition) is 1. The van der Waals surface area contributed by atoms with Gasteiger partial charge >= 0.3 is 5.69 Å². The zero-order valence-electron chi connectivity index (χ0n) is 15.5. The van der Waals surface area contributed by atoms with Crippen LogP contribution >= 0.6 is 0 Å². The van der Waals surface area contributed by atoms with Crippen molar-refractivity contribution in [1.29, 1.82) is 0 Å². The second kappa shape index (κ2) is 6.46. The molecular weight excluding hydrogens is 346 g/mol. The van der Waals surface area contributed by atoms with Crippen molar-refractivity contribution < 1.29 is 4.74 Å². The van der Waals surface area contributed by atoms with E-state index in [9.17, 15) is 9.59 Å². The summed E-state index contributed by atoms with van der Waals surface area (Å²) in [7, 11) is 3.24. The highest BCUT2D eigenvalue weighted by Gasteiger charge is 2.19. The van der Waals surface area contributed by atoms with Crippen molar-refractivity contribution in [3.05, 3.63) is 51.3 Å². The summed E-state index contributed by atoms with van der Waals surface area (Å²) in [5.74, 6) is 1.40. The number of imidazole rings is 2. The Hall–Kier alpha value is -3.29. The van der Waals surface area contributed by atoms with E-state index < -0.39 is 11.2 Å². The van der Waals surface area contributed by atoms with Crippen LogP contribution in [0.25, 0.3) is 28.2 Å². The van der Waals surface area contributed by atoms with Gasteiger partial charge in [-0.1, -0.05) is 25.5 Å². The van der Waals surface area contributed by atoms with Gasteiger partial charge < -0.3 is 9.30 Å². The lowest BCUT2D eigenvalue weighted by Gasteiger charge is -2.09. The molecule has 0 atom stereocenters. The van der Waals surface area contributed by atoms with E-state index in [0.29, 0.717) is 16.9 Å². The Balaban J connectivity index is 2.06. The Morgan fingerprint density at radius 3 is 2.81 bits per heavy atom. The van der Waals surface area contributed by atoms with Crippen LogP contribution in [-0.4, -0.2) is 30.6 Å². The number of aromatic amines is 1. The van der Waals surface area contributed by atoms with Gasteiger partial charge in [0.1, 0.15) is 5.75 Å². The molecule has 0 radical (unpaired) electrons. The normalized spacial score (nSPS) is 11.5. The van der Waals surface area contributed by atoms with Crippen molar-refractivity contribution in [3.63, 3.8) is 0 Å². The number of methoxy groups -OCH3 is 1. The van der Waals surface area contributed by atoms with Crippen LogP contribution in [0.2, 0.25) is 0 Å². The minimum Gasteiger partial charge on any atom is -0.497 e. The number of nitrogens with zero attached hydrogens (tertiary/aromatic N) is 4. The van der Waals surface area contributed by atoms with Gasteiger partial charge in [0.25, 0.3) is 5.56 Å². The summed E-state index contributed by atoms with van der Waals surface area (Å²) in [6.45, 7) is 2.89. The molecular formula is C19H21N5O3. The molecule has 0 aliphatic heterocycles. The maximum Gasteiger partial charge on any atom is 0.329 e. The van der Waals surface area contributed by atoms with E-state index in [2.05, 4.69) is 21.5 Å². The molecule has 0 aliphatic carbocycles. The third kappa shape index (κ3) is 2.64. The zero-order chi connectivity index (χ0) is 19.1. The van der Waals surface area contributed by atoms with Gasteiger partial charge in [-0.15, -0.1) is 0 Å². The monoisotopic (exact) mass is 367 g/mol. The summed E-state index contributed by atoms with van der Waals surface area (Å²) in [6.07, 6.45) is 3.90.